The fraction of sp³-hybridized carbons (Fsp3) is 0.348. The Morgan fingerprint density at radius 1 is 1.03 bits per heavy atom. The molecule has 0 bridgehead atoms. The molecule has 3 rings (SSSR count). The van der Waals surface area contributed by atoms with Crippen LogP contribution in [0.3, 0.4) is 0 Å². The SMILES string of the molecule is CCCN(CCC)C(=O)c1nc(C(=O)NC(C)c2ccccc2)n2ccccc12. The Balaban J connectivity index is 1.93. The second kappa shape index (κ2) is 9.37. The van der Waals surface area contributed by atoms with Crippen molar-refractivity contribution in [2.45, 2.75) is 39.7 Å². The quantitative estimate of drug-likeness (QED) is 0.628. The molecule has 0 saturated carbocycles. The van der Waals surface area contributed by atoms with Gasteiger partial charge in [0.2, 0.25) is 5.82 Å². The third kappa shape index (κ3) is 4.47. The maximum absolute atomic E-state index is 13.1. The van der Waals surface area contributed by atoms with E-state index < -0.39 is 0 Å². The highest BCUT2D eigenvalue weighted by atomic mass is 16.2. The van der Waals surface area contributed by atoms with E-state index >= 15 is 0 Å². The number of nitrogens with zero attached hydrogens (tertiary/aromatic N) is 3. The van der Waals surface area contributed by atoms with Crippen LogP contribution in [0.25, 0.3) is 5.52 Å². The Morgan fingerprint density at radius 3 is 2.34 bits per heavy atom. The lowest BCUT2D eigenvalue weighted by atomic mass is 10.1. The summed E-state index contributed by atoms with van der Waals surface area (Å²) in [5.74, 6) is -0.216. The summed E-state index contributed by atoms with van der Waals surface area (Å²) >= 11 is 0. The first kappa shape index (κ1) is 20.6. The van der Waals surface area contributed by atoms with Crippen LogP contribution < -0.4 is 5.32 Å². The molecular weight excluding hydrogens is 364 g/mol. The molecule has 1 N–H and O–H groups in total. The van der Waals surface area contributed by atoms with Gasteiger partial charge in [0.1, 0.15) is 0 Å². The summed E-state index contributed by atoms with van der Waals surface area (Å²) in [4.78, 5) is 32.4. The van der Waals surface area contributed by atoms with Crippen LogP contribution in [0.4, 0.5) is 0 Å². The zero-order chi connectivity index (χ0) is 20.8. The van der Waals surface area contributed by atoms with Crippen LogP contribution in [-0.4, -0.2) is 39.2 Å². The van der Waals surface area contributed by atoms with Crippen molar-refractivity contribution in [2.24, 2.45) is 0 Å². The first-order valence-corrected chi connectivity index (χ1v) is 10.2. The minimum absolute atomic E-state index is 0.132. The van der Waals surface area contributed by atoms with Crippen LogP contribution in [0.5, 0.6) is 0 Å². The lowest BCUT2D eigenvalue weighted by Crippen LogP contribution is -2.33. The molecule has 0 aliphatic carbocycles. The Hall–Kier alpha value is -3.15. The predicted octanol–water partition coefficient (Wildman–Crippen LogP) is 4.09. The van der Waals surface area contributed by atoms with Crippen LogP contribution in [0, 0.1) is 0 Å². The Labute approximate surface area is 171 Å². The molecule has 2 heterocycles. The molecule has 1 unspecified atom stereocenters. The molecule has 0 aliphatic rings. The summed E-state index contributed by atoms with van der Waals surface area (Å²) in [7, 11) is 0. The summed E-state index contributed by atoms with van der Waals surface area (Å²) in [5, 5.41) is 2.99. The molecular formula is C23H28N4O2. The molecule has 0 radical (unpaired) electrons. The van der Waals surface area contributed by atoms with E-state index in [1.54, 1.807) is 10.6 Å². The number of imidazole rings is 1. The summed E-state index contributed by atoms with van der Waals surface area (Å²) in [6.45, 7) is 7.37. The van der Waals surface area contributed by atoms with E-state index in [2.05, 4.69) is 10.3 Å². The van der Waals surface area contributed by atoms with Gasteiger partial charge in [-0.25, -0.2) is 4.98 Å². The summed E-state index contributed by atoms with van der Waals surface area (Å²) < 4.78 is 1.69. The van der Waals surface area contributed by atoms with E-state index in [-0.39, 0.29) is 23.7 Å². The standard InChI is InChI=1S/C23H28N4O2/c1-4-14-26(15-5-2)23(29)20-19-13-9-10-16-27(19)21(25-20)22(28)24-17(3)18-11-7-6-8-12-18/h6-13,16-17H,4-5,14-15H2,1-3H3,(H,24,28). The van der Waals surface area contributed by atoms with Crippen molar-refractivity contribution >= 4 is 17.3 Å². The third-order valence-electron chi connectivity index (χ3n) is 4.88. The second-order valence-electron chi connectivity index (χ2n) is 7.14. The molecule has 0 spiro atoms. The van der Waals surface area contributed by atoms with Gasteiger partial charge in [0.05, 0.1) is 11.6 Å². The minimum Gasteiger partial charge on any atom is -0.343 e. The number of nitrogens with one attached hydrogen (secondary N) is 1. The van der Waals surface area contributed by atoms with E-state index in [9.17, 15) is 9.59 Å². The summed E-state index contributed by atoms with van der Waals surface area (Å²) in [6, 6.07) is 15.1. The number of pyridine rings is 1. The molecule has 3 aromatic rings. The van der Waals surface area contributed by atoms with Gasteiger partial charge in [-0.3, -0.25) is 14.0 Å². The van der Waals surface area contributed by atoms with Gasteiger partial charge in [-0.1, -0.05) is 50.2 Å². The Morgan fingerprint density at radius 2 is 1.69 bits per heavy atom. The molecule has 6 nitrogen and oxygen atoms in total. The molecule has 2 amide bonds. The fourth-order valence-corrected chi connectivity index (χ4v) is 3.45. The maximum atomic E-state index is 13.1. The number of hydrogen-bond acceptors (Lipinski definition) is 3. The smallest absolute Gasteiger partial charge is 0.288 e. The van der Waals surface area contributed by atoms with Crippen LogP contribution in [-0.2, 0) is 0 Å². The van der Waals surface area contributed by atoms with E-state index in [0.29, 0.717) is 24.3 Å². The first-order chi connectivity index (χ1) is 14.1. The van der Waals surface area contributed by atoms with Crippen LogP contribution in [0.1, 0.15) is 66.3 Å². The van der Waals surface area contributed by atoms with Gasteiger partial charge in [0, 0.05) is 19.3 Å². The molecule has 0 saturated heterocycles. The van der Waals surface area contributed by atoms with E-state index in [0.717, 1.165) is 18.4 Å². The maximum Gasteiger partial charge on any atom is 0.288 e. The van der Waals surface area contributed by atoms with Crippen molar-refractivity contribution in [3.63, 3.8) is 0 Å². The highest BCUT2D eigenvalue weighted by Crippen LogP contribution is 2.18. The van der Waals surface area contributed by atoms with Gasteiger partial charge in [-0.05, 0) is 37.5 Å². The number of benzene rings is 1. The van der Waals surface area contributed by atoms with Gasteiger partial charge in [0.25, 0.3) is 11.8 Å². The van der Waals surface area contributed by atoms with E-state index in [1.807, 2.05) is 74.2 Å². The zero-order valence-electron chi connectivity index (χ0n) is 17.3. The summed E-state index contributed by atoms with van der Waals surface area (Å²) in [6.07, 6.45) is 3.52. The van der Waals surface area contributed by atoms with Gasteiger partial charge in [0.15, 0.2) is 5.69 Å². The van der Waals surface area contributed by atoms with Crippen molar-refractivity contribution in [3.05, 3.63) is 71.8 Å². The average Bonchev–Trinajstić information content (AvgIpc) is 3.13. The van der Waals surface area contributed by atoms with Crippen LogP contribution in [0.15, 0.2) is 54.7 Å². The molecule has 6 heteroatoms. The topological polar surface area (TPSA) is 66.7 Å². The van der Waals surface area contributed by atoms with Crippen LogP contribution in [0.2, 0.25) is 0 Å². The molecule has 1 aromatic carbocycles. The average molecular weight is 393 g/mol. The lowest BCUT2D eigenvalue weighted by molar-refractivity contribution is 0.0752. The van der Waals surface area contributed by atoms with Crippen molar-refractivity contribution < 1.29 is 9.59 Å². The van der Waals surface area contributed by atoms with Gasteiger partial charge in [-0.2, -0.15) is 0 Å². The van der Waals surface area contributed by atoms with Crippen molar-refractivity contribution in [2.75, 3.05) is 13.1 Å². The normalized spacial score (nSPS) is 12.0. The number of carbonyl (C=O) groups is 2. The lowest BCUT2D eigenvalue weighted by Gasteiger charge is -2.20. The van der Waals surface area contributed by atoms with Crippen LogP contribution >= 0.6 is 0 Å². The number of fused-ring (bicyclic) bond motifs is 1. The minimum atomic E-state index is -0.306. The zero-order valence-corrected chi connectivity index (χ0v) is 17.3. The second-order valence-corrected chi connectivity index (χ2v) is 7.14. The van der Waals surface area contributed by atoms with E-state index in [1.165, 1.54) is 0 Å². The molecule has 0 fully saturated rings. The number of amides is 2. The monoisotopic (exact) mass is 392 g/mol. The fourth-order valence-electron chi connectivity index (χ4n) is 3.45. The number of carbonyl (C=O) groups excluding carboxylic acids is 2. The largest absolute Gasteiger partial charge is 0.343 e. The molecule has 1 atom stereocenters. The third-order valence-corrected chi connectivity index (χ3v) is 4.88. The highest BCUT2D eigenvalue weighted by molar-refractivity contribution is 6.02. The molecule has 0 aliphatic heterocycles. The molecule has 2 aromatic heterocycles. The number of aromatic nitrogens is 2. The number of rotatable bonds is 8. The number of hydrogen-bond donors (Lipinski definition) is 1. The van der Waals surface area contributed by atoms with Crippen molar-refractivity contribution in [3.8, 4) is 0 Å². The highest BCUT2D eigenvalue weighted by Gasteiger charge is 2.25. The van der Waals surface area contributed by atoms with Gasteiger partial charge >= 0.3 is 0 Å². The first-order valence-electron chi connectivity index (χ1n) is 10.2. The Bertz CT molecular complexity index is 975. The van der Waals surface area contributed by atoms with Crippen molar-refractivity contribution in [1.82, 2.24) is 19.6 Å². The van der Waals surface area contributed by atoms with Gasteiger partial charge in [-0.15, -0.1) is 0 Å². The molecule has 29 heavy (non-hydrogen) atoms. The predicted molar refractivity (Wildman–Crippen MR) is 114 cm³/mol. The van der Waals surface area contributed by atoms with Gasteiger partial charge < -0.3 is 10.2 Å². The Kier molecular flexibility index (Phi) is 6.65. The molecule has 152 valence electrons. The van der Waals surface area contributed by atoms with Crippen molar-refractivity contribution in [1.29, 1.82) is 0 Å². The summed E-state index contributed by atoms with van der Waals surface area (Å²) in [5.41, 5.74) is 1.98. The van der Waals surface area contributed by atoms with E-state index in [4.69, 9.17) is 0 Å².